The molecule has 0 spiro atoms. The minimum atomic E-state index is -0.587. The molecule has 0 radical (unpaired) electrons. The Bertz CT molecular complexity index is 660. The van der Waals surface area contributed by atoms with E-state index in [0.717, 1.165) is 5.69 Å². The zero-order chi connectivity index (χ0) is 15.4. The van der Waals surface area contributed by atoms with Crippen LogP contribution in [0, 0.1) is 10.1 Å². The van der Waals surface area contributed by atoms with E-state index in [9.17, 15) is 10.1 Å². The normalized spacial score (nSPS) is 10.0. The van der Waals surface area contributed by atoms with E-state index in [1.807, 2.05) is 37.2 Å². The van der Waals surface area contributed by atoms with Gasteiger partial charge in [0.1, 0.15) is 6.33 Å². The third-order valence-corrected chi connectivity index (χ3v) is 2.78. The first kappa shape index (κ1) is 14.5. The van der Waals surface area contributed by atoms with Crippen molar-refractivity contribution in [1.82, 2.24) is 9.97 Å². The Morgan fingerprint density at radius 1 is 1.24 bits per heavy atom. The van der Waals surface area contributed by atoms with Crippen molar-refractivity contribution in [2.45, 2.75) is 0 Å². The van der Waals surface area contributed by atoms with Crippen LogP contribution in [0.4, 0.5) is 28.7 Å². The molecule has 2 rings (SSSR count). The number of para-hydroxylation sites is 2. The monoisotopic (exact) mass is 289 g/mol. The predicted molar refractivity (Wildman–Crippen MR) is 80.5 cm³/mol. The van der Waals surface area contributed by atoms with E-state index in [2.05, 4.69) is 20.7 Å². The molecule has 1 aromatic heterocycles. The quantitative estimate of drug-likeness (QED) is 0.430. The zero-order valence-electron chi connectivity index (χ0n) is 11.6. The van der Waals surface area contributed by atoms with Crippen LogP contribution in [0.3, 0.4) is 0 Å². The highest BCUT2D eigenvalue weighted by molar-refractivity contribution is 5.79. The number of nitrogens with zero attached hydrogens (tertiary/aromatic N) is 4. The Kier molecular flexibility index (Phi) is 4.14. The van der Waals surface area contributed by atoms with Crippen LogP contribution in [-0.2, 0) is 0 Å². The molecule has 4 N–H and O–H groups in total. The van der Waals surface area contributed by atoms with Crippen molar-refractivity contribution in [3.05, 3.63) is 40.7 Å². The number of hydrazine groups is 1. The van der Waals surface area contributed by atoms with E-state index in [1.54, 1.807) is 6.07 Å². The fourth-order valence-corrected chi connectivity index (χ4v) is 1.85. The van der Waals surface area contributed by atoms with Crippen molar-refractivity contribution in [1.29, 1.82) is 0 Å². The van der Waals surface area contributed by atoms with Gasteiger partial charge in [-0.2, -0.15) is 0 Å². The van der Waals surface area contributed by atoms with Crippen molar-refractivity contribution >= 4 is 28.7 Å². The first-order valence-electron chi connectivity index (χ1n) is 6.04. The molecule has 9 heteroatoms. The predicted octanol–water partition coefficient (Wildman–Crippen LogP) is 1.48. The molecular weight excluding hydrogens is 274 g/mol. The summed E-state index contributed by atoms with van der Waals surface area (Å²) < 4.78 is 0. The summed E-state index contributed by atoms with van der Waals surface area (Å²) in [6.45, 7) is 0. The van der Waals surface area contributed by atoms with Gasteiger partial charge in [-0.3, -0.25) is 10.1 Å². The highest BCUT2D eigenvalue weighted by Gasteiger charge is 2.23. The molecule has 0 amide bonds. The van der Waals surface area contributed by atoms with Gasteiger partial charge in [-0.1, -0.05) is 12.1 Å². The maximum Gasteiger partial charge on any atom is 0.354 e. The minimum absolute atomic E-state index is 0.0557. The summed E-state index contributed by atoms with van der Waals surface area (Å²) in [5, 5.41) is 14.1. The third-order valence-electron chi connectivity index (χ3n) is 2.78. The Hall–Kier alpha value is -2.94. The largest absolute Gasteiger partial charge is 0.376 e. The second-order valence-electron chi connectivity index (χ2n) is 4.36. The lowest BCUT2D eigenvalue weighted by atomic mass is 10.2. The summed E-state index contributed by atoms with van der Waals surface area (Å²) in [5.41, 5.74) is 3.44. The van der Waals surface area contributed by atoms with Crippen LogP contribution in [0.15, 0.2) is 30.6 Å². The molecular formula is C12H15N7O2. The van der Waals surface area contributed by atoms with Crippen LogP contribution in [0.5, 0.6) is 0 Å². The van der Waals surface area contributed by atoms with Gasteiger partial charge in [0.15, 0.2) is 0 Å². The first-order valence-corrected chi connectivity index (χ1v) is 6.04. The summed E-state index contributed by atoms with van der Waals surface area (Å²) in [5.74, 6) is 5.26. The van der Waals surface area contributed by atoms with E-state index >= 15 is 0 Å². The summed E-state index contributed by atoms with van der Waals surface area (Å²) in [7, 11) is 3.75. The first-order chi connectivity index (χ1) is 10.0. The average molecular weight is 289 g/mol. The highest BCUT2D eigenvalue weighted by Crippen LogP contribution is 2.33. The van der Waals surface area contributed by atoms with Crippen LogP contribution >= 0.6 is 0 Å². The van der Waals surface area contributed by atoms with Crippen LogP contribution in [-0.4, -0.2) is 29.0 Å². The van der Waals surface area contributed by atoms with Gasteiger partial charge in [0.25, 0.3) is 0 Å². The number of nitrogens with one attached hydrogen (secondary N) is 2. The standard InChI is InChI=1S/C12H15N7O2/c1-18(2)9-6-4-3-5-8(9)16-11-10(19(20)21)12(17-13)15-7-14-11/h3-7H,13H2,1-2H3,(H2,14,15,16,17). The van der Waals surface area contributed by atoms with Crippen LogP contribution in [0.1, 0.15) is 0 Å². The molecule has 110 valence electrons. The molecule has 0 aliphatic carbocycles. The van der Waals surface area contributed by atoms with Gasteiger partial charge in [-0.05, 0) is 12.1 Å². The molecule has 2 aromatic rings. The molecule has 1 aromatic carbocycles. The highest BCUT2D eigenvalue weighted by atomic mass is 16.6. The van der Waals surface area contributed by atoms with E-state index in [1.165, 1.54) is 6.33 Å². The number of hydrogen-bond donors (Lipinski definition) is 3. The van der Waals surface area contributed by atoms with Crippen molar-refractivity contribution in [3.8, 4) is 0 Å². The van der Waals surface area contributed by atoms with Crippen molar-refractivity contribution < 1.29 is 4.92 Å². The molecule has 1 heterocycles. The van der Waals surface area contributed by atoms with Gasteiger partial charge in [-0.25, -0.2) is 15.8 Å². The average Bonchev–Trinajstić information content (AvgIpc) is 2.47. The van der Waals surface area contributed by atoms with Gasteiger partial charge < -0.3 is 15.6 Å². The zero-order valence-corrected chi connectivity index (χ0v) is 11.6. The van der Waals surface area contributed by atoms with E-state index in [4.69, 9.17) is 5.84 Å². The lowest BCUT2D eigenvalue weighted by molar-refractivity contribution is -0.383. The summed E-state index contributed by atoms with van der Waals surface area (Å²) in [6.07, 6.45) is 1.20. The fraction of sp³-hybridized carbons (Fsp3) is 0.167. The molecule has 21 heavy (non-hydrogen) atoms. The smallest absolute Gasteiger partial charge is 0.354 e. The van der Waals surface area contributed by atoms with Crippen LogP contribution in [0.2, 0.25) is 0 Å². The van der Waals surface area contributed by atoms with E-state index < -0.39 is 4.92 Å². The van der Waals surface area contributed by atoms with Crippen molar-refractivity contribution in [3.63, 3.8) is 0 Å². The van der Waals surface area contributed by atoms with Gasteiger partial charge in [-0.15, -0.1) is 0 Å². The molecule has 0 aliphatic heterocycles. The number of nitrogens with two attached hydrogens (primary N) is 1. The number of hydrogen-bond acceptors (Lipinski definition) is 8. The van der Waals surface area contributed by atoms with Gasteiger partial charge in [0.2, 0.25) is 11.6 Å². The van der Waals surface area contributed by atoms with Crippen molar-refractivity contribution in [2.75, 3.05) is 29.7 Å². The molecule has 0 atom stereocenters. The van der Waals surface area contributed by atoms with Gasteiger partial charge in [0, 0.05) is 14.1 Å². The molecule has 0 fully saturated rings. The van der Waals surface area contributed by atoms with E-state index in [-0.39, 0.29) is 17.3 Å². The molecule has 0 saturated carbocycles. The third kappa shape index (κ3) is 2.98. The Morgan fingerprint density at radius 3 is 2.52 bits per heavy atom. The maximum atomic E-state index is 11.2. The molecule has 9 nitrogen and oxygen atoms in total. The summed E-state index contributed by atoms with van der Waals surface area (Å²) in [6, 6.07) is 7.39. The number of rotatable bonds is 5. The Morgan fingerprint density at radius 2 is 1.90 bits per heavy atom. The lowest BCUT2D eigenvalue weighted by Gasteiger charge is -2.18. The Balaban J connectivity index is 2.48. The topological polar surface area (TPSA) is 122 Å². The molecule has 0 unspecified atom stereocenters. The second-order valence-corrected chi connectivity index (χ2v) is 4.36. The second kappa shape index (κ2) is 6.01. The van der Waals surface area contributed by atoms with Gasteiger partial charge in [0.05, 0.1) is 16.3 Å². The number of nitrogen functional groups attached to an aromatic ring is 1. The summed E-state index contributed by atoms with van der Waals surface area (Å²) in [4.78, 5) is 20.2. The summed E-state index contributed by atoms with van der Waals surface area (Å²) >= 11 is 0. The molecule has 0 saturated heterocycles. The fourth-order valence-electron chi connectivity index (χ4n) is 1.85. The SMILES string of the molecule is CN(C)c1ccccc1Nc1ncnc(NN)c1[N+](=O)[O-]. The molecule has 0 aliphatic rings. The van der Waals surface area contributed by atoms with E-state index in [0.29, 0.717) is 5.69 Å². The number of benzene rings is 1. The molecule has 0 bridgehead atoms. The van der Waals surface area contributed by atoms with Gasteiger partial charge >= 0.3 is 5.69 Å². The number of anilines is 4. The maximum absolute atomic E-state index is 11.2. The minimum Gasteiger partial charge on any atom is -0.376 e. The van der Waals surface area contributed by atoms with Crippen LogP contribution in [0.25, 0.3) is 0 Å². The number of aromatic nitrogens is 2. The lowest BCUT2D eigenvalue weighted by Crippen LogP contribution is -2.14. The number of nitro groups is 1. The van der Waals surface area contributed by atoms with Crippen LogP contribution < -0.4 is 21.5 Å². The Labute approximate surface area is 120 Å². The van der Waals surface area contributed by atoms with Crippen molar-refractivity contribution in [2.24, 2.45) is 5.84 Å².